The van der Waals surface area contributed by atoms with Crippen LogP contribution in [0.2, 0.25) is 0 Å². The van der Waals surface area contributed by atoms with Crippen LogP contribution in [0.5, 0.6) is 0 Å². The predicted molar refractivity (Wildman–Crippen MR) is 61.6 cm³/mol. The number of rotatable bonds is 9. The summed E-state index contributed by atoms with van der Waals surface area (Å²) in [5.41, 5.74) is 0. The van der Waals surface area contributed by atoms with E-state index in [1.165, 1.54) is 18.6 Å². The third-order valence-corrected chi connectivity index (χ3v) is 2.77. The Balaban J connectivity index is 3.17. The molecule has 1 atom stereocenters. The standard InChI is InChI=1S/C10H23NOS/c1-4-10(9-12-2)11-7-5-6-8-13-3/h10-11H,4-9H2,1-3H3. The SMILES string of the molecule is CCC(COC)NCCCCSC. The summed E-state index contributed by atoms with van der Waals surface area (Å²) in [4.78, 5) is 0. The summed E-state index contributed by atoms with van der Waals surface area (Å²) in [6.07, 6.45) is 5.90. The molecule has 0 aliphatic heterocycles. The molecule has 0 amide bonds. The van der Waals surface area contributed by atoms with Gasteiger partial charge in [0.2, 0.25) is 0 Å². The van der Waals surface area contributed by atoms with Crippen molar-refractivity contribution < 1.29 is 4.74 Å². The predicted octanol–water partition coefficient (Wildman–Crippen LogP) is 2.14. The lowest BCUT2D eigenvalue weighted by Crippen LogP contribution is -2.33. The van der Waals surface area contributed by atoms with E-state index in [1.54, 1.807) is 7.11 Å². The van der Waals surface area contributed by atoms with Gasteiger partial charge in [0, 0.05) is 13.2 Å². The number of hydrogen-bond donors (Lipinski definition) is 1. The first kappa shape index (κ1) is 13.3. The van der Waals surface area contributed by atoms with Crippen LogP contribution < -0.4 is 5.32 Å². The second-order valence-electron chi connectivity index (χ2n) is 3.21. The number of unbranched alkanes of at least 4 members (excludes halogenated alkanes) is 1. The molecule has 0 aromatic heterocycles. The molecule has 0 aromatic carbocycles. The van der Waals surface area contributed by atoms with Gasteiger partial charge in [-0.15, -0.1) is 0 Å². The molecule has 2 nitrogen and oxygen atoms in total. The summed E-state index contributed by atoms with van der Waals surface area (Å²) in [5.74, 6) is 1.28. The van der Waals surface area contributed by atoms with Gasteiger partial charge in [-0.2, -0.15) is 11.8 Å². The van der Waals surface area contributed by atoms with Crippen molar-refractivity contribution in [2.45, 2.75) is 32.2 Å². The molecule has 3 heteroatoms. The van der Waals surface area contributed by atoms with Gasteiger partial charge < -0.3 is 10.1 Å². The van der Waals surface area contributed by atoms with Gasteiger partial charge in [0.1, 0.15) is 0 Å². The van der Waals surface area contributed by atoms with E-state index in [2.05, 4.69) is 18.5 Å². The second-order valence-corrected chi connectivity index (χ2v) is 4.20. The third kappa shape index (κ3) is 8.60. The molecule has 80 valence electrons. The Labute approximate surface area is 86.8 Å². The van der Waals surface area contributed by atoms with Crippen LogP contribution in [0, 0.1) is 0 Å². The minimum absolute atomic E-state index is 0.541. The second kappa shape index (κ2) is 10.4. The molecule has 0 heterocycles. The highest BCUT2D eigenvalue weighted by molar-refractivity contribution is 7.98. The summed E-state index contributed by atoms with van der Waals surface area (Å²) < 4.78 is 5.11. The zero-order chi connectivity index (χ0) is 9.94. The summed E-state index contributed by atoms with van der Waals surface area (Å²) in [5, 5.41) is 3.49. The average molecular weight is 205 g/mol. The van der Waals surface area contributed by atoms with E-state index in [4.69, 9.17) is 4.74 Å². The van der Waals surface area contributed by atoms with Gasteiger partial charge in [0.15, 0.2) is 0 Å². The molecule has 13 heavy (non-hydrogen) atoms. The average Bonchev–Trinajstić information content (AvgIpc) is 2.16. The molecule has 0 radical (unpaired) electrons. The molecule has 1 unspecified atom stereocenters. The first-order valence-electron chi connectivity index (χ1n) is 5.06. The Morgan fingerprint density at radius 1 is 1.38 bits per heavy atom. The van der Waals surface area contributed by atoms with Gasteiger partial charge in [-0.05, 0) is 37.8 Å². The zero-order valence-electron chi connectivity index (χ0n) is 9.14. The molecule has 0 rings (SSSR count). The molecule has 0 aliphatic carbocycles. The van der Waals surface area contributed by atoms with E-state index in [0.29, 0.717) is 6.04 Å². The third-order valence-electron chi connectivity index (χ3n) is 2.07. The smallest absolute Gasteiger partial charge is 0.0615 e. The summed E-state index contributed by atoms with van der Waals surface area (Å²) in [6, 6.07) is 0.541. The highest BCUT2D eigenvalue weighted by Gasteiger charge is 2.02. The molecule has 0 aromatic rings. The Morgan fingerprint density at radius 3 is 2.69 bits per heavy atom. The van der Waals surface area contributed by atoms with Gasteiger partial charge in [-0.1, -0.05) is 6.92 Å². The molecule has 0 spiro atoms. The number of ether oxygens (including phenoxy) is 1. The largest absolute Gasteiger partial charge is 0.383 e. The molecule has 0 fully saturated rings. The van der Waals surface area contributed by atoms with Gasteiger partial charge in [-0.25, -0.2) is 0 Å². The maximum atomic E-state index is 5.11. The van der Waals surface area contributed by atoms with E-state index >= 15 is 0 Å². The van der Waals surface area contributed by atoms with E-state index < -0.39 is 0 Å². The maximum absolute atomic E-state index is 5.11. The Hall–Kier alpha value is 0.270. The molecule has 0 saturated carbocycles. The molecular formula is C10H23NOS. The van der Waals surface area contributed by atoms with Crippen molar-refractivity contribution >= 4 is 11.8 Å². The molecular weight excluding hydrogens is 182 g/mol. The van der Waals surface area contributed by atoms with Crippen molar-refractivity contribution in [2.24, 2.45) is 0 Å². The highest BCUT2D eigenvalue weighted by Crippen LogP contribution is 1.99. The Morgan fingerprint density at radius 2 is 2.15 bits per heavy atom. The summed E-state index contributed by atoms with van der Waals surface area (Å²) in [7, 11) is 1.76. The van der Waals surface area contributed by atoms with Crippen LogP contribution in [0.15, 0.2) is 0 Å². The van der Waals surface area contributed by atoms with E-state index in [9.17, 15) is 0 Å². The van der Waals surface area contributed by atoms with Crippen molar-refractivity contribution in [2.75, 3.05) is 32.3 Å². The fourth-order valence-corrected chi connectivity index (χ4v) is 1.69. The lowest BCUT2D eigenvalue weighted by molar-refractivity contribution is 0.164. The maximum Gasteiger partial charge on any atom is 0.0615 e. The lowest BCUT2D eigenvalue weighted by atomic mass is 10.2. The fraction of sp³-hybridized carbons (Fsp3) is 1.00. The van der Waals surface area contributed by atoms with E-state index in [-0.39, 0.29) is 0 Å². The van der Waals surface area contributed by atoms with Gasteiger partial charge in [-0.3, -0.25) is 0 Å². The van der Waals surface area contributed by atoms with Crippen LogP contribution >= 0.6 is 11.8 Å². The minimum Gasteiger partial charge on any atom is -0.383 e. The minimum atomic E-state index is 0.541. The van der Waals surface area contributed by atoms with Crippen LogP contribution in [0.4, 0.5) is 0 Å². The van der Waals surface area contributed by atoms with E-state index in [0.717, 1.165) is 19.6 Å². The fourth-order valence-electron chi connectivity index (χ4n) is 1.20. The first-order valence-corrected chi connectivity index (χ1v) is 6.45. The number of thioether (sulfide) groups is 1. The van der Waals surface area contributed by atoms with Crippen LogP contribution in [0.25, 0.3) is 0 Å². The number of hydrogen-bond acceptors (Lipinski definition) is 3. The summed E-state index contributed by atoms with van der Waals surface area (Å²) in [6.45, 7) is 4.15. The summed E-state index contributed by atoms with van der Waals surface area (Å²) >= 11 is 1.92. The van der Waals surface area contributed by atoms with Gasteiger partial charge >= 0.3 is 0 Å². The normalized spacial score (nSPS) is 13.2. The zero-order valence-corrected chi connectivity index (χ0v) is 9.95. The first-order chi connectivity index (χ1) is 6.35. The number of nitrogens with one attached hydrogen (secondary N) is 1. The van der Waals surface area contributed by atoms with E-state index in [1.807, 2.05) is 11.8 Å². The van der Waals surface area contributed by atoms with Crippen LogP contribution in [-0.2, 0) is 4.74 Å². The number of methoxy groups -OCH3 is 1. The van der Waals surface area contributed by atoms with Crippen molar-refractivity contribution in [3.05, 3.63) is 0 Å². The molecule has 1 N–H and O–H groups in total. The van der Waals surface area contributed by atoms with Crippen molar-refractivity contribution in [1.29, 1.82) is 0 Å². The van der Waals surface area contributed by atoms with Crippen LogP contribution in [-0.4, -0.2) is 38.3 Å². The van der Waals surface area contributed by atoms with Crippen molar-refractivity contribution in [1.82, 2.24) is 5.32 Å². The van der Waals surface area contributed by atoms with Crippen LogP contribution in [0.1, 0.15) is 26.2 Å². The van der Waals surface area contributed by atoms with Crippen molar-refractivity contribution in [3.8, 4) is 0 Å². The molecule has 0 saturated heterocycles. The quantitative estimate of drug-likeness (QED) is 0.583. The van der Waals surface area contributed by atoms with Crippen molar-refractivity contribution in [3.63, 3.8) is 0 Å². The Kier molecular flexibility index (Phi) is 10.6. The topological polar surface area (TPSA) is 21.3 Å². The van der Waals surface area contributed by atoms with Gasteiger partial charge in [0.05, 0.1) is 6.61 Å². The lowest BCUT2D eigenvalue weighted by Gasteiger charge is -2.15. The monoisotopic (exact) mass is 205 g/mol. The highest BCUT2D eigenvalue weighted by atomic mass is 32.2. The molecule has 0 bridgehead atoms. The molecule has 0 aliphatic rings. The Bertz CT molecular complexity index is 101. The van der Waals surface area contributed by atoms with Crippen LogP contribution in [0.3, 0.4) is 0 Å². The van der Waals surface area contributed by atoms with Gasteiger partial charge in [0.25, 0.3) is 0 Å².